The second-order valence-corrected chi connectivity index (χ2v) is 4.43. The first-order valence-corrected chi connectivity index (χ1v) is 6.08. The molecule has 0 bridgehead atoms. The summed E-state index contributed by atoms with van der Waals surface area (Å²) in [5, 5.41) is 0. The second-order valence-electron chi connectivity index (χ2n) is 4.43. The molecule has 1 atom stereocenters. The number of nitrogens with two attached hydrogens (primary N) is 1. The topological polar surface area (TPSA) is 43.1 Å². The highest BCUT2D eigenvalue weighted by Gasteiger charge is 2.20. The summed E-state index contributed by atoms with van der Waals surface area (Å²) in [5.41, 5.74) is 8.56. The van der Waals surface area contributed by atoms with E-state index < -0.39 is 0 Å². The molecule has 18 heavy (non-hydrogen) atoms. The first-order valence-electron chi connectivity index (χ1n) is 6.08. The molecule has 0 aromatic heterocycles. The third-order valence-corrected chi connectivity index (χ3v) is 3.06. The van der Waals surface area contributed by atoms with Crippen LogP contribution in [0.4, 0.5) is 0 Å². The molecule has 0 aliphatic carbocycles. The van der Waals surface area contributed by atoms with Gasteiger partial charge in [0.25, 0.3) is 0 Å². The van der Waals surface area contributed by atoms with Gasteiger partial charge < -0.3 is 5.73 Å². The van der Waals surface area contributed by atoms with Crippen molar-refractivity contribution in [3.8, 4) is 0 Å². The van der Waals surface area contributed by atoms with Crippen molar-refractivity contribution in [3.05, 3.63) is 71.3 Å². The molecule has 2 N–H and O–H groups in total. The summed E-state index contributed by atoms with van der Waals surface area (Å²) in [6.07, 6.45) is 0. The highest BCUT2D eigenvalue weighted by atomic mass is 16.1. The van der Waals surface area contributed by atoms with Crippen LogP contribution in [0.5, 0.6) is 0 Å². The average molecular weight is 239 g/mol. The summed E-state index contributed by atoms with van der Waals surface area (Å²) in [7, 11) is 0. The maximum Gasteiger partial charge on any atom is 0.171 e. The molecule has 92 valence electrons. The van der Waals surface area contributed by atoms with Gasteiger partial charge in [0.05, 0.1) is 5.92 Å². The van der Waals surface area contributed by atoms with E-state index in [1.54, 1.807) is 0 Å². The molecule has 0 heterocycles. The normalized spacial score (nSPS) is 12.1. The molecule has 0 aliphatic heterocycles. The highest BCUT2D eigenvalue weighted by molar-refractivity contribution is 6.01. The average Bonchev–Trinajstić information content (AvgIpc) is 2.41. The Bertz CT molecular complexity index is 534. The molecular weight excluding hydrogens is 222 g/mol. The van der Waals surface area contributed by atoms with Crippen molar-refractivity contribution < 1.29 is 4.79 Å². The number of carbonyl (C=O) groups is 1. The fraction of sp³-hybridized carbons (Fsp3) is 0.188. The Kier molecular flexibility index (Phi) is 3.90. The Hall–Kier alpha value is -1.93. The van der Waals surface area contributed by atoms with Gasteiger partial charge in [0.15, 0.2) is 5.78 Å². The fourth-order valence-corrected chi connectivity index (χ4v) is 2.08. The van der Waals surface area contributed by atoms with Gasteiger partial charge in [-0.25, -0.2) is 0 Å². The van der Waals surface area contributed by atoms with Gasteiger partial charge in [-0.1, -0.05) is 54.1 Å². The van der Waals surface area contributed by atoms with Crippen molar-refractivity contribution in [2.45, 2.75) is 12.8 Å². The quantitative estimate of drug-likeness (QED) is 0.834. The predicted molar refractivity (Wildman–Crippen MR) is 73.7 cm³/mol. The zero-order chi connectivity index (χ0) is 13.0. The highest BCUT2D eigenvalue weighted by Crippen LogP contribution is 2.20. The molecule has 0 spiro atoms. The Morgan fingerprint density at radius 3 is 2.44 bits per heavy atom. The molecule has 0 fully saturated rings. The van der Waals surface area contributed by atoms with Crippen LogP contribution >= 0.6 is 0 Å². The number of rotatable bonds is 4. The lowest BCUT2D eigenvalue weighted by atomic mass is 9.90. The minimum Gasteiger partial charge on any atom is -0.329 e. The molecule has 2 rings (SSSR count). The van der Waals surface area contributed by atoms with Gasteiger partial charge in [-0.15, -0.1) is 0 Å². The molecule has 2 nitrogen and oxygen atoms in total. The van der Waals surface area contributed by atoms with Gasteiger partial charge in [-0.05, 0) is 18.6 Å². The summed E-state index contributed by atoms with van der Waals surface area (Å²) < 4.78 is 0. The van der Waals surface area contributed by atoms with Crippen molar-refractivity contribution in [2.75, 3.05) is 6.54 Å². The van der Waals surface area contributed by atoms with E-state index >= 15 is 0 Å². The zero-order valence-corrected chi connectivity index (χ0v) is 10.5. The van der Waals surface area contributed by atoms with Crippen LogP contribution < -0.4 is 5.73 Å². The van der Waals surface area contributed by atoms with Gasteiger partial charge in [-0.2, -0.15) is 0 Å². The lowest BCUT2D eigenvalue weighted by Crippen LogP contribution is -2.21. The molecule has 0 aliphatic rings. The molecule has 2 heteroatoms. The minimum absolute atomic E-state index is 0.0902. The third kappa shape index (κ3) is 2.66. The Labute approximate surface area is 107 Å². The van der Waals surface area contributed by atoms with Crippen molar-refractivity contribution >= 4 is 5.78 Å². The van der Waals surface area contributed by atoms with Crippen LogP contribution in [0.2, 0.25) is 0 Å². The summed E-state index contributed by atoms with van der Waals surface area (Å²) >= 11 is 0. The van der Waals surface area contributed by atoms with Gasteiger partial charge >= 0.3 is 0 Å². The predicted octanol–water partition coefficient (Wildman–Crippen LogP) is 2.92. The van der Waals surface area contributed by atoms with E-state index in [1.165, 1.54) is 0 Å². The molecular formula is C16H17NO. The standard InChI is InChI=1S/C16H17NO/c1-12-6-5-9-14(10-12)16(18)15(11-17)13-7-3-2-4-8-13/h2-10,15H,11,17H2,1H3. The van der Waals surface area contributed by atoms with Crippen LogP contribution in [0.1, 0.15) is 27.4 Å². The Balaban J connectivity index is 2.32. The maximum atomic E-state index is 12.4. The zero-order valence-electron chi connectivity index (χ0n) is 10.5. The van der Waals surface area contributed by atoms with Gasteiger partial charge in [0, 0.05) is 12.1 Å². The smallest absolute Gasteiger partial charge is 0.171 e. The number of Topliss-reactive ketones (excluding diaryl/α,β-unsaturated/α-hetero) is 1. The van der Waals surface area contributed by atoms with E-state index in [2.05, 4.69) is 0 Å². The molecule has 2 aromatic carbocycles. The summed E-state index contributed by atoms with van der Waals surface area (Å²) in [4.78, 5) is 12.4. The van der Waals surface area contributed by atoms with E-state index in [4.69, 9.17) is 5.73 Å². The fourth-order valence-electron chi connectivity index (χ4n) is 2.08. The summed E-state index contributed by atoms with van der Waals surface area (Å²) in [6, 6.07) is 17.3. The summed E-state index contributed by atoms with van der Waals surface area (Å²) in [5.74, 6) is -0.166. The minimum atomic E-state index is -0.256. The van der Waals surface area contributed by atoms with Crippen molar-refractivity contribution in [1.29, 1.82) is 0 Å². The number of benzene rings is 2. The third-order valence-electron chi connectivity index (χ3n) is 3.06. The molecule has 2 aromatic rings. The van der Waals surface area contributed by atoms with Crippen LogP contribution in [0.3, 0.4) is 0 Å². The number of ketones is 1. The van der Waals surface area contributed by atoms with Crippen LogP contribution in [0.25, 0.3) is 0 Å². The lowest BCUT2D eigenvalue weighted by Gasteiger charge is -2.14. The van der Waals surface area contributed by atoms with Crippen LogP contribution in [0, 0.1) is 6.92 Å². The van der Waals surface area contributed by atoms with Gasteiger partial charge in [-0.3, -0.25) is 4.79 Å². The van der Waals surface area contributed by atoms with E-state index in [9.17, 15) is 4.79 Å². The van der Waals surface area contributed by atoms with Crippen molar-refractivity contribution in [3.63, 3.8) is 0 Å². The SMILES string of the molecule is Cc1cccc(C(=O)C(CN)c2ccccc2)c1. The van der Waals surface area contributed by atoms with Gasteiger partial charge in [0.1, 0.15) is 0 Å². The number of hydrogen-bond acceptors (Lipinski definition) is 2. The van der Waals surface area contributed by atoms with E-state index in [-0.39, 0.29) is 11.7 Å². The van der Waals surface area contributed by atoms with Crippen molar-refractivity contribution in [1.82, 2.24) is 0 Å². The van der Waals surface area contributed by atoms with E-state index in [0.29, 0.717) is 6.54 Å². The Morgan fingerprint density at radius 1 is 1.11 bits per heavy atom. The maximum absolute atomic E-state index is 12.4. The second kappa shape index (κ2) is 5.61. The first kappa shape index (κ1) is 12.5. The molecule has 0 amide bonds. The number of aryl methyl sites for hydroxylation is 1. The summed E-state index contributed by atoms with van der Waals surface area (Å²) in [6.45, 7) is 2.31. The molecule has 0 radical (unpaired) electrons. The molecule has 1 unspecified atom stereocenters. The van der Waals surface area contributed by atoms with E-state index in [0.717, 1.165) is 16.7 Å². The Morgan fingerprint density at radius 2 is 1.83 bits per heavy atom. The van der Waals surface area contributed by atoms with Crippen LogP contribution in [-0.2, 0) is 0 Å². The molecule has 0 saturated carbocycles. The molecule has 0 saturated heterocycles. The first-order chi connectivity index (χ1) is 8.72. The number of hydrogen-bond donors (Lipinski definition) is 1. The largest absolute Gasteiger partial charge is 0.329 e. The number of carbonyl (C=O) groups excluding carboxylic acids is 1. The monoisotopic (exact) mass is 239 g/mol. The van der Waals surface area contributed by atoms with Crippen molar-refractivity contribution in [2.24, 2.45) is 5.73 Å². The van der Waals surface area contributed by atoms with Crippen LogP contribution in [0.15, 0.2) is 54.6 Å². The van der Waals surface area contributed by atoms with E-state index in [1.807, 2.05) is 61.5 Å². The lowest BCUT2D eigenvalue weighted by molar-refractivity contribution is 0.0962. The van der Waals surface area contributed by atoms with Crippen LogP contribution in [-0.4, -0.2) is 12.3 Å². The van der Waals surface area contributed by atoms with Gasteiger partial charge in [0.2, 0.25) is 0 Å².